The summed E-state index contributed by atoms with van der Waals surface area (Å²) >= 11 is 0. The van der Waals surface area contributed by atoms with Gasteiger partial charge in [0, 0.05) is 23.2 Å². The van der Waals surface area contributed by atoms with E-state index in [9.17, 15) is 4.79 Å². The molecular formula is C19H22N6O. The first kappa shape index (κ1) is 16.5. The van der Waals surface area contributed by atoms with Gasteiger partial charge in [-0.15, -0.1) is 5.10 Å². The second kappa shape index (κ2) is 6.76. The Bertz CT molecular complexity index is 925. The molecule has 0 spiro atoms. The number of rotatable bonds is 4. The van der Waals surface area contributed by atoms with Gasteiger partial charge in [-0.3, -0.25) is 4.79 Å². The maximum Gasteiger partial charge on any atom is 0.248 e. The van der Waals surface area contributed by atoms with Crippen LogP contribution in [-0.2, 0) is 0 Å². The SMILES string of the molecule is NC(=O)c1ccc(-c2cnc3ccc(N[C@H]4CC[C@H](N)CC4)nn23)cc1. The monoisotopic (exact) mass is 350 g/mol. The van der Waals surface area contributed by atoms with Crippen LogP contribution in [0, 0.1) is 0 Å². The lowest BCUT2D eigenvalue weighted by molar-refractivity contribution is 0.100. The summed E-state index contributed by atoms with van der Waals surface area (Å²) in [4.78, 5) is 15.7. The van der Waals surface area contributed by atoms with E-state index >= 15 is 0 Å². The zero-order valence-corrected chi connectivity index (χ0v) is 14.4. The zero-order valence-electron chi connectivity index (χ0n) is 14.4. The summed E-state index contributed by atoms with van der Waals surface area (Å²) in [7, 11) is 0. The molecule has 0 radical (unpaired) electrons. The van der Waals surface area contributed by atoms with Crippen LogP contribution in [0.1, 0.15) is 36.0 Å². The number of benzene rings is 1. The molecule has 1 aliphatic carbocycles. The summed E-state index contributed by atoms with van der Waals surface area (Å²) in [5.41, 5.74) is 14.3. The van der Waals surface area contributed by atoms with Gasteiger partial charge in [-0.1, -0.05) is 12.1 Å². The van der Waals surface area contributed by atoms with Gasteiger partial charge in [0.05, 0.1) is 11.9 Å². The third-order valence-corrected chi connectivity index (χ3v) is 4.95. The summed E-state index contributed by atoms with van der Waals surface area (Å²) in [6.45, 7) is 0. The summed E-state index contributed by atoms with van der Waals surface area (Å²) in [5.74, 6) is 0.387. The van der Waals surface area contributed by atoms with Crippen molar-refractivity contribution in [1.82, 2.24) is 14.6 Å². The van der Waals surface area contributed by atoms with Crippen molar-refractivity contribution in [2.75, 3.05) is 5.32 Å². The van der Waals surface area contributed by atoms with Crippen molar-refractivity contribution >= 4 is 17.4 Å². The Balaban J connectivity index is 1.61. The van der Waals surface area contributed by atoms with Crippen LogP contribution in [0.3, 0.4) is 0 Å². The van der Waals surface area contributed by atoms with Gasteiger partial charge in [0.25, 0.3) is 0 Å². The van der Waals surface area contributed by atoms with Crippen LogP contribution in [-0.4, -0.2) is 32.6 Å². The van der Waals surface area contributed by atoms with Gasteiger partial charge in [-0.05, 0) is 49.9 Å². The molecule has 134 valence electrons. The van der Waals surface area contributed by atoms with E-state index in [4.69, 9.17) is 16.6 Å². The molecule has 1 saturated carbocycles. The number of nitrogens with two attached hydrogens (primary N) is 2. The molecule has 0 saturated heterocycles. The lowest BCUT2D eigenvalue weighted by Gasteiger charge is -2.27. The van der Waals surface area contributed by atoms with Crippen molar-refractivity contribution < 1.29 is 4.79 Å². The lowest BCUT2D eigenvalue weighted by Crippen LogP contribution is -2.33. The van der Waals surface area contributed by atoms with Gasteiger partial charge in [0.1, 0.15) is 5.82 Å². The topological polar surface area (TPSA) is 111 Å². The Hall–Kier alpha value is -2.93. The average Bonchev–Trinajstić information content (AvgIpc) is 3.07. The molecule has 1 aromatic carbocycles. The third kappa shape index (κ3) is 3.25. The largest absolute Gasteiger partial charge is 0.366 e. The highest BCUT2D eigenvalue weighted by molar-refractivity contribution is 5.93. The van der Waals surface area contributed by atoms with Gasteiger partial charge in [0.2, 0.25) is 5.91 Å². The first-order chi connectivity index (χ1) is 12.6. The molecule has 3 aromatic rings. The van der Waals surface area contributed by atoms with Gasteiger partial charge in [0.15, 0.2) is 5.65 Å². The number of hydrogen-bond acceptors (Lipinski definition) is 5. The standard InChI is InChI=1S/C19H22N6O/c20-14-5-7-15(8-6-14)23-17-9-10-18-22-11-16(25(18)24-17)12-1-3-13(4-2-12)19(21)26/h1-4,9-11,14-15H,5-8,20H2,(H2,21,26)(H,23,24)/t14-,15-. The zero-order chi connectivity index (χ0) is 18.1. The minimum Gasteiger partial charge on any atom is -0.366 e. The van der Waals surface area contributed by atoms with Gasteiger partial charge >= 0.3 is 0 Å². The Labute approximate surface area is 151 Å². The maximum atomic E-state index is 11.2. The highest BCUT2D eigenvalue weighted by atomic mass is 16.1. The van der Waals surface area contributed by atoms with Crippen molar-refractivity contribution in [2.45, 2.75) is 37.8 Å². The highest BCUT2D eigenvalue weighted by Gasteiger charge is 2.19. The number of imidazole rings is 1. The van der Waals surface area contributed by atoms with Crippen LogP contribution < -0.4 is 16.8 Å². The lowest BCUT2D eigenvalue weighted by atomic mass is 9.92. The molecule has 26 heavy (non-hydrogen) atoms. The fraction of sp³-hybridized carbons (Fsp3) is 0.316. The minimum atomic E-state index is -0.438. The van der Waals surface area contributed by atoms with E-state index in [0.717, 1.165) is 48.4 Å². The average molecular weight is 350 g/mol. The Morgan fingerprint density at radius 1 is 1.08 bits per heavy atom. The predicted molar refractivity (Wildman–Crippen MR) is 101 cm³/mol. The Morgan fingerprint density at radius 3 is 2.50 bits per heavy atom. The first-order valence-electron chi connectivity index (χ1n) is 8.87. The van der Waals surface area contributed by atoms with Crippen LogP contribution in [0.25, 0.3) is 16.9 Å². The van der Waals surface area contributed by atoms with Crippen LogP contribution in [0.5, 0.6) is 0 Å². The molecule has 1 fully saturated rings. The normalized spacial score (nSPS) is 20.2. The van der Waals surface area contributed by atoms with Crippen molar-refractivity contribution in [1.29, 1.82) is 0 Å². The number of carbonyl (C=O) groups excluding carboxylic acids is 1. The third-order valence-electron chi connectivity index (χ3n) is 4.95. The summed E-state index contributed by atoms with van der Waals surface area (Å²) in [6, 6.07) is 11.8. The fourth-order valence-electron chi connectivity index (χ4n) is 3.43. The molecule has 2 heterocycles. The van der Waals surface area contributed by atoms with Crippen LogP contribution in [0.2, 0.25) is 0 Å². The fourth-order valence-corrected chi connectivity index (χ4v) is 3.43. The molecule has 5 N–H and O–H groups in total. The molecule has 0 unspecified atom stereocenters. The number of amides is 1. The Morgan fingerprint density at radius 2 is 1.81 bits per heavy atom. The molecule has 4 rings (SSSR count). The highest BCUT2D eigenvalue weighted by Crippen LogP contribution is 2.23. The number of fused-ring (bicyclic) bond motifs is 1. The first-order valence-corrected chi connectivity index (χ1v) is 8.87. The molecule has 2 aromatic heterocycles. The maximum absolute atomic E-state index is 11.2. The molecule has 0 aliphatic heterocycles. The Kier molecular flexibility index (Phi) is 4.30. The molecule has 7 nitrogen and oxygen atoms in total. The second-order valence-electron chi connectivity index (χ2n) is 6.83. The smallest absolute Gasteiger partial charge is 0.248 e. The van der Waals surface area contributed by atoms with Crippen molar-refractivity contribution in [3.63, 3.8) is 0 Å². The number of nitrogens with one attached hydrogen (secondary N) is 1. The molecule has 0 bridgehead atoms. The number of aromatic nitrogens is 3. The van der Waals surface area contributed by atoms with Crippen molar-refractivity contribution in [3.8, 4) is 11.3 Å². The van der Waals surface area contributed by atoms with Crippen molar-refractivity contribution in [3.05, 3.63) is 48.2 Å². The number of nitrogens with zero attached hydrogens (tertiary/aromatic N) is 3. The predicted octanol–water partition coefficient (Wildman–Crippen LogP) is 2.18. The van der Waals surface area contributed by atoms with E-state index in [2.05, 4.69) is 10.3 Å². The van der Waals surface area contributed by atoms with Gasteiger partial charge < -0.3 is 16.8 Å². The van der Waals surface area contributed by atoms with E-state index in [1.807, 2.05) is 28.8 Å². The number of carbonyl (C=O) groups is 1. The molecule has 0 atom stereocenters. The van der Waals surface area contributed by atoms with E-state index < -0.39 is 5.91 Å². The van der Waals surface area contributed by atoms with Gasteiger partial charge in [-0.25, -0.2) is 9.50 Å². The molecule has 7 heteroatoms. The van der Waals surface area contributed by atoms with Crippen LogP contribution in [0.15, 0.2) is 42.6 Å². The number of primary amides is 1. The van der Waals surface area contributed by atoms with E-state index in [1.54, 1.807) is 18.3 Å². The molecule has 1 amide bonds. The summed E-state index contributed by atoms with van der Waals surface area (Å²) < 4.78 is 1.82. The van der Waals surface area contributed by atoms with Crippen molar-refractivity contribution in [2.24, 2.45) is 11.5 Å². The van der Waals surface area contributed by atoms with E-state index in [-0.39, 0.29) is 0 Å². The summed E-state index contributed by atoms with van der Waals surface area (Å²) in [6.07, 6.45) is 5.99. The van der Waals surface area contributed by atoms with Crippen LogP contribution >= 0.6 is 0 Å². The van der Waals surface area contributed by atoms with Gasteiger partial charge in [-0.2, -0.15) is 0 Å². The molecule has 1 aliphatic rings. The van der Waals surface area contributed by atoms with Crippen LogP contribution in [0.4, 0.5) is 5.82 Å². The quantitative estimate of drug-likeness (QED) is 0.668. The van der Waals surface area contributed by atoms with E-state index in [0.29, 0.717) is 17.6 Å². The number of anilines is 1. The summed E-state index contributed by atoms with van der Waals surface area (Å²) in [5, 5.41) is 8.21. The molecular weight excluding hydrogens is 328 g/mol. The second-order valence-corrected chi connectivity index (χ2v) is 6.83. The van der Waals surface area contributed by atoms with E-state index in [1.165, 1.54) is 0 Å². The minimum absolute atomic E-state index is 0.326. The number of hydrogen-bond donors (Lipinski definition) is 3.